The number of hydrogen-bond acceptors (Lipinski definition) is 11. The van der Waals surface area contributed by atoms with E-state index < -0.39 is 58.7 Å². The van der Waals surface area contributed by atoms with Crippen LogP contribution in [-0.2, 0) is 15.8 Å². The lowest BCUT2D eigenvalue weighted by atomic mass is 9.73. The molecule has 1 aromatic carbocycles. The van der Waals surface area contributed by atoms with Gasteiger partial charge in [0.15, 0.2) is 0 Å². The van der Waals surface area contributed by atoms with Crippen molar-refractivity contribution < 1.29 is 42.3 Å². The Morgan fingerprint density at radius 3 is 2.28 bits per heavy atom. The summed E-state index contributed by atoms with van der Waals surface area (Å²) < 4.78 is 39.8. The number of nitrogens with zero attached hydrogens (tertiary/aromatic N) is 4. The number of allylic oxidation sites excluding steroid dienone is 3. The molecule has 5 N–H and O–H groups in total. The minimum Gasteiger partial charge on any atom is -0.388 e. The summed E-state index contributed by atoms with van der Waals surface area (Å²) in [6.45, 7) is 11.8. The molecule has 5 aliphatic rings. The second-order valence-corrected chi connectivity index (χ2v) is 17.7. The summed E-state index contributed by atoms with van der Waals surface area (Å²) in [5.41, 5.74) is -0.776. The average molecular weight is 845 g/mol. The van der Waals surface area contributed by atoms with Crippen molar-refractivity contribution in [1.82, 2.24) is 30.7 Å². The number of amides is 5. The summed E-state index contributed by atoms with van der Waals surface area (Å²) in [5.74, 6) is -2.51. The number of benzene rings is 1. The van der Waals surface area contributed by atoms with E-state index in [9.17, 15) is 42.3 Å². The Morgan fingerprint density at radius 1 is 0.934 bits per heavy atom. The van der Waals surface area contributed by atoms with E-state index in [1.54, 1.807) is 18.3 Å². The van der Waals surface area contributed by atoms with Crippen LogP contribution < -0.4 is 20.9 Å². The number of anilines is 1. The molecule has 3 saturated heterocycles. The fourth-order valence-corrected chi connectivity index (χ4v) is 9.00. The number of hydrogen-bond donors (Lipinski definition) is 5. The van der Waals surface area contributed by atoms with E-state index in [0.29, 0.717) is 11.5 Å². The van der Waals surface area contributed by atoms with Crippen molar-refractivity contribution >= 4 is 40.9 Å². The van der Waals surface area contributed by atoms with Crippen LogP contribution in [-0.4, -0.2) is 106 Å². The SMILES string of the molecule is CC(C)(O)C1=CC(=N)/C(=C\NC2CCN(CC(C)(C)C3CCN(c4ccc5c(c4)C(=O)N(C4CCC(=O)NC4=O)C5=O)CC3)CC2)C=C1NC(=O)c1cccc(C(F)(F)F)n1. The van der Waals surface area contributed by atoms with E-state index >= 15 is 0 Å². The maximum atomic E-state index is 13.4. The Hall–Kier alpha value is -5.68. The number of carbonyl (C=O) groups is 5. The first kappa shape index (κ1) is 43.4. The van der Waals surface area contributed by atoms with Gasteiger partial charge in [0, 0.05) is 73.9 Å². The van der Waals surface area contributed by atoms with Gasteiger partial charge in [-0.15, -0.1) is 0 Å². The maximum absolute atomic E-state index is 13.4. The molecule has 7 rings (SSSR count). The number of nitrogens with one attached hydrogen (secondary N) is 4. The maximum Gasteiger partial charge on any atom is 0.433 e. The summed E-state index contributed by atoms with van der Waals surface area (Å²) in [6.07, 6.45) is 3.72. The zero-order valence-corrected chi connectivity index (χ0v) is 34.6. The highest BCUT2D eigenvalue weighted by molar-refractivity contribution is 6.23. The number of aromatic nitrogens is 1. The summed E-state index contributed by atoms with van der Waals surface area (Å²) in [4.78, 5) is 72.9. The number of piperidine rings is 3. The first-order chi connectivity index (χ1) is 28.7. The lowest BCUT2D eigenvalue weighted by Crippen LogP contribution is -2.54. The van der Waals surface area contributed by atoms with Gasteiger partial charge in [0.2, 0.25) is 11.8 Å². The van der Waals surface area contributed by atoms with Gasteiger partial charge in [0.25, 0.3) is 17.7 Å². The molecule has 1 aliphatic carbocycles. The fourth-order valence-electron chi connectivity index (χ4n) is 9.00. The number of likely N-dealkylation sites (tertiary alicyclic amines) is 1. The first-order valence-corrected chi connectivity index (χ1v) is 20.6. The zero-order valence-electron chi connectivity index (χ0n) is 34.6. The molecule has 5 heterocycles. The molecular weight excluding hydrogens is 794 g/mol. The molecule has 5 amide bonds. The topological polar surface area (TPSA) is 188 Å². The Bertz CT molecular complexity index is 2240. The number of alkyl halides is 3. The average Bonchev–Trinajstić information content (AvgIpc) is 3.45. The van der Waals surface area contributed by atoms with Crippen molar-refractivity contribution in [2.75, 3.05) is 37.6 Å². The number of halogens is 3. The van der Waals surface area contributed by atoms with Crippen LogP contribution in [0.5, 0.6) is 0 Å². The van der Waals surface area contributed by atoms with Crippen molar-refractivity contribution in [2.45, 2.75) is 90.1 Å². The lowest BCUT2D eigenvalue weighted by molar-refractivity contribution is -0.141. The van der Waals surface area contributed by atoms with Crippen LogP contribution in [0.3, 0.4) is 0 Å². The van der Waals surface area contributed by atoms with Crippen LogP contribution in [0.1, 0.15) is 103 Å². The van der Waals surface area contributed by atoms with E-state index in [0.717, 1.165) is 81.1 Å². The van der Waals surface area contributed by atoms with Crippen LogP contribution in [0.25, 0.3) is 0 Å². The molecular formula is C44H51F3N8O6. The fraction of sp³-hybridized carbons (Fsp3) is 0.477. The number of rotatable bonds is 10. The molecule has 1 unspecified atom stereocenters. The number of fused-ring (bicyclic) bond motifs is 1. The zero-order chi connectivity index (χ0) is 44.0. The van der Waals surface area contributed by atoms with Crippen molar-refractivity contribution in [3.05, 3.63) is 94.1 Å². The van der Waals surface area contributed by atoms with Crippen LogP contribution in [0.4, 0.5) is 18.9 Å². The van der Waals surface area contributed by atoms with E-state index in [1.807, 2.05) is 6.07 Å². The van der Waals surface area contributed by atoms with Crippen LogP contribution in [0, 0.1) is 16.7 Å². The third kappa shape index (κ3) is 9.32. The van der Waals surface area contributed by atoms with Crippen molar-refractivity contribution in [3.8, 4) is 0 Å². The molecule has 2 aromatic rings. The largest absolute Gasteiger partial charge is 0.433 e. The molecule has 3 fully saturated rings. The number of aliphatic hydroxyl groups is 1. The quantitative estimate of drug-likeness (QED) is 0.210. The first-order valence-electron chi connectivity index (χ1n) is 20.6. The van der Waals surface area contributed by atoms with Gasteiger partial charge < -0.3 is 30.9 Å². The van der Waals surface area contributed by atoms with Crippen LogP contribution in [0.15, 0.2) is 71.6 Å². The van der Waals surface area contributed by atoms with Gasteiger partial charge >= 0.3 is 6.18 Å². The van der Waals surface area contributed by atoms with Crippen LogP contribution in [0.2, 0.25) is 0 Å². The summed E-state index contributed by atoms with van der Waals surface area (Å²) in [5, 5.41) is 27.7. The minimum absolute atomic E-state index is 0.0218. The monoisotopic (exact) mass is 844 g/mol. The molecule has 0 saturated carbocycles. The second-order valence-electron chi connectivity index (χ2n) is 17.7. The van der Waals surface area contributed by atoms with Crippen LogP contribution >= 0.6 is 0 Å². The smallest absolute Gasteiger partial charge is 0.388 e. The van der Waals surface area contributed by atoms with E-state index in [2.05, 4.69) is 44.6 Å². The van der Waals surface area contributed by atoms with Gasteiger partial charge in [0.05, 0.1) is 22.4 Å². The summed E-state index contributed by atoms with van der Waals surface area (Å²) >= 11 is 0. The molecule has 4 aliphatic heterocycles. The molecule has 17 heteroatoms. The number of imide groups is 2. The Labute approximate surface area is 351 Å². The molecule has 1 aromatic heterocycles. The molecule has 1 atom stereocenters. The molecule has 61 heavy (non-hydrogen) atoms. The highest BCUT2D eigenvalue weighted by atomic mass is 19.4. The third-order valence-electron chi connectivity index (χ3n) is 12.5. The normalized spacial score (nSPS) is 22.0. The Kier molecular flexibility index (Phi) is 11.8. The molecule has 0 bridgehead atoms. The molecule has 0 radical (unpaired) electrons. The summed E-state index contributed by atoms with van der Waals surface area (Å²) in [7, 11) is 0. The van der Waals surface area contributed by atoms with E-state index in [1.165, 1.54) is 32.1 Å². The third-order valence-corrected chi connectivity index (χ3v) is 12.5. The highest BCUT2D eigenvalue weighted by Gasteiger charge is 2.45. The predicted molar refractivity (Wildman–Crippen MR) is 219 cm³/mol. The van der Waals surface area contributed by atoms with Gasteiger partial charge in [-0.3, -0.25) is 34.2 Å². The molecule has 14 nitrogen and oxygen atoms in total. The van der Waals surface area contributed by atoms with E-state index in [4.69, 9.17) is 5.41 Å². The highest BCUT2D eigenvalue weighted by Crippen LogP contribution is 2.39. The molecule has 0 spiro atoms. The number of carbonyl (C=O) groups excluding carboxylic acids is 5. The standard InChI is InChI=1S/C44H51F3N8O6/c1-42(2,26-12-18-54(19-13-26)28-8-9-29-30(21-28)41(60)55(40(29)59)35-10-11-37(56)52-39(35)58)24-53-16-14-27(15-17-53)49-23-25-20-34(31(22-32(25)48)43(3,4)61)51-38(57)33-6-5-7-36(50-33)44(45,46)47/h5-9,20-23,26-27,35,48-49,61H,10-19,24H2,1-4H3,(H,51,57)(H,52,56,58)/b25-23-,48-32?. The lowest BCUT2D eigenvalue weighted by Gasteiger charge is -2.45. The van der Waals surface area contributed by atoms with Gasteiger partial charge in [-0.05, 0) is 99.8 Å². The Balaban J connectivity index is 0.913. The predicted octanol–water partition coefficient (Wildman–Crippen LogP) is 4.73. The van der Waals surface area contributed by atoms with Crippen molar-refractivity contribution in [1.29, 1.82) is 5.41 Å². The van der Waals surface area contributed by atoms with Crippen molar-refractivity contribution in [3.63, 3.8) is 0 Å². The van der Waals surface area contributed by atoms with Gasteiger partial charge in [-0.25, -0.2) is 4.98 Å². The van der Waals surface area contributed by atoms with Gasteiger partial charge in [0.1, 0.15) is 17.4 Å². The van der Waals surface area contributed by atoms with Gasteiger partial charge in [-0.2, -0.15) is 13.2 Å². The Morgan fingerprint density at radius 2 is 1.62 bits per heavy atom. The van der Waals surface area contributed by atoms with Gasteiger partial charge in [-0.1, -0.05) is 19.9 Å². The number of pyridine rings is 1. The minimum atomic E-state index is -4.73. The van der Waals surface area contributed by atoms with E-state index in [-0.39, 0.29) is 52.4 Å². The van der Waals surface area contributed by atoms with Crippen molar-refractivity contribution in [2.24, 2.45) is 11.3 Å². The summed E-state index contributed by atoms with van der Waals surface area (Å²) in [6, 6.07) is 7.43. The second kappa shape index (κ2) is 16.6. The molecule has 324 valence electrons.